The van der Waals surface area contributed by atoms with Gasteiger partial charge in [0.25, 0.3) is 5.91 Å². The molecule has 0 radical (unpaired) electrons. The summed E-state index contributed by atoms with van der Waals surface area (Å²) in [5, 5.41) is 4.63. The Bertz CT molecular complexity index is 225. The first-order valence-corrected chi connectivity index (χ1v) is 4.33. The van der Waals surface area contributed by atoms with Crippen molar-refractivity contribution in [2.75, 3.05) is 13.1 Å². The zero-order valence-electron chi connectivity index (χ0n) is 6.55. The molecule has 1 rings (SSSR count). The van der Waals surface area contributed by atoms with Crippen molar-refractivity contribution in [2.24, 2.45) is 0 Å². The van der Waals surface area contributed by atoms with Crippen LogP contribution in [0.25, 0.3) is 0 Å². The van der Waals surface area contributed by atoms with E-state index in [1.54, 1.807) is 0 Å². The van der Waals surface area contributed by atoms with E-state index in [0.717, 1.165) is 11.4 Å². The molecule has 4 N–H and O–H groups in total. The summed E-state index contributed by atoms with van der Waals surface area (Å²) >= 11 is 1.45. The van der Waals surface area contributed by atoms with E-state index in [2.05, 4.69) is 11.1 Å². The maximum Gasteiger partial charge on any atom is 0.261 e. The summed E-state index contributed by atoms with van der Waals surface area (Å²) in [6, 6.07) is 3.67. The zero-order valence-corrected chi connectivity index (χ0v) is 8.12. The van der Waals surface area contributed by atoms with E-state index in [4.69, 9.17) is 0 Å². The first-order valence-electron chi connectivity index (χ1n) is 3.45. The Hall–Kier alpha value is -0.580. The maximum atomic E-state index is 11.1. The molecule has 1 aromatic heterocycles. The van der Waals surface area contributed by atoms with Crippen molar-refractivity contribution < 1.29 is 22.9 Å². The quantitative estimate of drug-likeness (QED) is 0.536. The van der Waals surface area contributed by atoms with Crippen LogP contribution in [0.2, 0.25) is 0 Å². The number of thiophene rings is 1. The minimum absolute atomic E-state index is 0. The van der Waals surface area contributed by atoms with Gasteiger partial charge in [0.2, 0.25) is 0 Å². The molecule has 0 atom stereocenters. The fourth-order valence-corrected chi connectivity index (χ4v) is 1.34. The molecule has 0 aromatic carbocycles. The maximum absolute atomic E-state index is 11.1. The minimum atomic E-state index is 0. The Labute approximate surface area is 81.4 Å². The van der Waals surface area contributed by atoms with Gasteiger partial charge in [-0.2, -0.15) is 0 Å². The van der Waals surface area contributed by atoms with Crippen LogP contribution >= 0.6 is 11.3 Å². The predicted octanol–water partition coefficient (Wildman–Crippen LogP) is -3.28. The molecule has 0 saturated heterocycles. The summed E-state index contributed by atoms with van der Waals surface area (Å²) in [5.41, 5.74) is 3.63. The van der Waals surface area contributed by atoms with Crippen molar-refractivity contribution in [3.63, 3.8) is 0 Å². The van der Waals surface area contributed by atoms with Crippen molar-refractivity contribution in [3.05, 3.63) is 22.4 Å². The lowest BCUT2D eigenvalue weighted by Gasteiger charge is -1.97. The van der Waals surface area contributed by atoms with Gasteiger partial charge in [0.1, 0.15) is 0 Å². The SMILES string of the molecule is [Cl-].[NH3+]CCNC(=O)c1cccs1. The van der Waals surface area contributed by atoms with Crippen LogP contribution in [0.3, 0.4) is 0 Å². The van der Waals surface area contributed by atoms with Gasteiger partial charge in [-0.3, -0.25) is 4.79 Å². The molecule has 0 aliphatic rings. The topological polar surface area (TPSA) is 56.7 Å². The summed E-state index contributed by atoms with van der Waals surface area (Å²) in [6.07, 6.45) is 0. The molecule has 1 aromatic rings. The van der Waals surface area contributed by atoms with Crippen molar-refractivity contribution in [1.82, 2.24) is 5.32 Å². The van der Waals surface area contributed by atoms with Crippen LogP contribution in [-0.2, 0) is 0 Å². The van der Waals surface area contributed by atoms with Crippen LogP contribution in [0.1, 0.15) is 9.67 Å². The largest absolute Gasteiger partial charge is 1.00 e. The van der Waals surface area contributed by atoms with Crippen LogP contribution in [0, 0.1) is 0 Å². The van der Waals surface area contributed by atoms with Crippen molar-refractivity contribution >= 4 is 17.2 Å². The average Bonchev–Trinajstić information content (AvgIpc) is 2.52. The molecule has 0 unspecified atom stereocenters. The molecule has 68 valence electrons. The summed E-state index contributed by atoms with van der Waals surface area (Å²) in [5.74, 6) is 0.00338. The number of nitrogens with one attached hydrogen (secondary N) is 1. The molecule has 1 amide bonds. The third-order valence-corrected chi connectivity index (χ3v) is 2.08. The Kier molecular flexibility index (Phi) is 5.70. The highest BCUT2D eigenvalue weighted by atomic mass is 35.5. The van der Waals surface area contributed by atoms with E-state index in [1.165, 1.54) is 11.3 Å². The van der Waals surface area contributed by atoms with Crippen LogP contribution in [0.15, 0.2) is 17.5 Å². The molecule has 12 heavy (non-hydrogen) atoms. The lowest BCUT2D eigenvalue weighted by atomic mass is 10.4. The van der Waals surface area contributed by atoms with Gasteiger partial charge in [-0.15, -0.1) is 11.3 Å². The second-order valence-electron chi connectivity index (χ2n) is 2.09. The molecule has 0 spiro atoms. The number of hydrogen-bond donors (Lipinski definition) is 2. The molecular weight excluding hydrogens is 196 g/mol. The van der Waals surface area contributed by atoms with Crippen molar-refractivity contribution in [2.45, 2.75) is 0 Å². The highest BCUT2D eigenvalue weighted by Gasteiger charge is 2.03. The van der Waals surface area contributed by atoms with Gasteiger partial charge in [-0.05, 0) is 11.4 Å². The second kappa shape index (κ2) is 5.99. The zero-order chi connectivity index (χ0) is 8.10. The van der Waals surface area contributed by atoms with Gasteiger partial charge in [-0.1, -0.05) is 6.07 Å². The lowest BCUT2D eigenvalue weighted by Crippen LogP contribution is -3.00. The Morgan fingerprint density at radius 2 is 2.42 bits per heavy atom. The normalized spacial score (nSPS) is 8.75. The van der Waals surface area contributed by atoms with E-state index in [0.29, 0.717) is 6.54 Å². The molecular formula is C7H11ClN2OS. The molecule has 0 bridgehead atoms. The van der Waals surface area contributed by atoms with Crippen molar-refractivity contribution in [3.8, 4) is 0 Å². The fraction of sp³-hybridized carbons (Fsp3) is 0.286. The van der Waals surface area contributed by atoms with Crippen molar-refractivity contribution in [1.29, 1.82) is 0 Å². The van der Waals surface area contributed by atoms with Gasteiger partial charge < -0.3 is 23.5 Å². The Morgan fingerprint density at radius 1 is 1.67 bits per heavy atom. The fourth-order valence-electron chi connectivity index (χ4n) is 0.697. The van der Waals surface area contributed by atoms with Crippen LogP contribution in [-0.4, -0.2) is 19.0 Å². The van der Waals surface area contributed by atoms with Gasteiger partial charge in [0, 0.05) is 0 Å². The number of hydrogen-bond acceptors (Lipinski definition) is 2. The van der Waals surface area contributed by atoms with Crippen LogP contribution < -0.4 is 23.5 Å². The third kappa shape index (κ3) is 3.21. The van der Waals surface area contributed by atoms with E-state index >= 15 is 0 Å². The molecule has 0 fully saturated rings. The molecule has 0 saturated carbocycles. The van der Waals surface area contributed by atoms with E-state index in [-0.39, 0.29) is 18.3 Å². The number of carbonyl (C=O) groups is 1. The Balaban J connectivity index is 0.00000121. The molecule has 5 heteroatoms. The van der Waals surface area contributed by atoms with Gasteiger partial charge in [0.15, 0.2) is 0 Å². The Morgan fingerprint density at radius 3 is 2.92 bits per heavy atom. The second-order valence-corrected chi connectivity index (χ2v) is 3.03. The van der Waals surface area contributed by atoms with Gasteiger partial charge in [0.05, 0.1) is 18.0 Å². The van der Waals surface area contributed by atoms with Gasteiger partial charge in [-0.25, -0.2) is 0 Å². The monoisotopic (exact) mass is 206 g/mol. The number of quaternary nitrogens is 1. The standard InChI is InChI=1S/C7H10N2OS.ClH/c8-3-4-9-7(10)6-2-1-5-11-6;/h1-2,5H,3-4,8H2,(H,9,10);1H. The summed E-state index contributed by atoms with van der Waals surface area (Å²) in [4.78, 5) is 11.9. The first kappa shape index (κ1) is 11.4. The lowest BCUT2D eigenvalue weighted by molar-refractivity contribution is -0.364. The number of amides is 1. The predicted molar refractivity (Wildman–Crippen MR) is 44.4 cm³/mol. The van der Waals surface area contributed by atoms with E-state index in [9.17, 15) is 4.79 Å². The average molecular weight is 207 g/mol. The van der Waals surface area contributed by atoms with E-state index < -0.39 is 0 Å². The molecule has 1 heterocycles. The van der Waals surface area contributed by atoms with Gasteiger partial charge >= 0.3 is 0 Å². The summed E-state index contributed by atoms with van der Waals surface area (Å²) in [6.45, 7) is 1.38. The molecule has 0 aliphatic heterocycles. The molecule has 3 nitrogen and oxygen atoms in total. The molecule has 0 aliphatic carbocycles. The number of halogens is 1. The summed E-state index contributed by atoms with van der Waals surface area (Å²) in [7, 11) is 0. The first-order chi connectivity index (χ1) is 5.34. The van der Waals surface area contributed by atoms with E-state index in [1.807, 2.05) is 17.5 Å². The smallest absolute Gasteiger partial charge is 0.261 e. The highest BCUT2D eigenvalue weighted by Crippen LogP contribution is 2.06. The highest BCUT2D eigenvalue weighted by molar-refractivity contribution is 7.12. The minimum Gasteiger partial charge on any atom is -1.00 e. The number of carbonyl (C=O) groups excluding carboxylic acids is 1. The van der Waals surface area contributed by atoms with Crippen LogP contribution in [0.5, 0.6) is 0 Å². The summed E-state index contributed by atoms with van der Waals surface area (Å²) < 4.78 is 0. The third-order valence-electron chi connectivity index (χ3n) is 1.21. The number of rotatable bonds is 3. The van der Waals surface area contributed by atoms with Crippen LogP contribution in [0.4, 0.5) is 0 Å².